The number of halogens is 5. The molecule has 0 aliphatic heterocycles. The predicted octanol–water partition coefficient (Wildman–Crippen LogP) is 7.14. The molecule has 5 rings (SSSR count). The van der Waals surface area contributed by atoms with Crippen LogP contribution in [0.3, 0.4) is 0 Å². The van der Waals surface area contributed by atoms with E-state index in [1.807, 2.05) is 0 Å². The Kier molecular flexibility index (Phi) is 6.38. The summed E-state index contributed by atoms with van der Waals surface area (Å²) in [5.74, 6) is -1.16. The van der Waals surface area contributed by atoms with Gasteiger partial charge in [0.1, 0.15) is 17.2 Å². The quantitative estimate of drug-likeness (QED) is 0.187. The van der Waals surface area contributed by atoms with Crippen molar-refractivity contribution in [2.75, 3.05) is 0 Å². The van der Waals surface area contributed by atoms with Crippen molar-refractivity contribution in [3.8, 4) is 11.1 Å². The molecule has 0 radical (unpaired) electrons. The van der Waals surface area contributed by atoms with Gasteiger partial charge in [0, 0.05) is 22.5 Å². The number of fused-ring (bicyclic) bond motifs is 1. The highest BCUT2D eigenvalue weighted by atomic mass is 32.2. The molecule has 3 aromatic carbocycles. The van der Waals surface area contributed by atoms with Crippen LogP contribution in [0.2, 0.25) is 0 Å². The number of benzene rings is 3. The van der Waals surface area contributed by atoms with Gasteiger partial charge in [-0.2, -0.15) is 13.2 Å². The first-order chi connectivity index (χ1) is 17.5. The lowest BCUT2D eigenvalue weighted by molar-refractivity contribution is -0.247. The highest BCUT2D eigenvalue weighted by Gasteiger charge is 2.57. The fourth-order valence-corrected chi connectivity index (χ4v) is 5.90. The maximum absolute atomic E-state index is 14.0. The Morgan fingerprint density at radius 3 is 2.19 bits per heavy atom. The number of thiazole rings is 1. The van der Waals surface area contributed by atoms with Crippen LogP contribution in [-0.4, -0.2) is 16.3 Å². The molecular weight excluding hydrogens is 533 g/mol. The van der Waals surface area contributed by atoms with Crippen molar-refractivity contribution < 1.29 is 31.5 Å². The van der Waals surface area contributed by atoms with Crippen LogP contribution in [0.15, 0.2) is 97.4 Å². The van der Waals surface area contributed by atoms with E-state index in [0.717, 1.165) is 42.2 Å². The molecule has 0 bridgehead atoms. The summed E-state index contributed by atoms with van der Waals surface area (Å²) in [6.45, 7) is 0. The highest BCUT2D eigenvalue weighted by molar-refractivity contribution is 8.01. The Morgan fingerprint density at radius 1 is 0.892 bits per heavy atom. The minimum Gasteiger partial charge on any atom is -0.423 e. The lowest BCUT2D eigenvalue weighted by atomic mass is 9.92. The number of hydrogen-bond acceptors (Lipinski definition) is 6. The zero-order chi connectivity index (χ0) is 26.4. The van der Waals surface area contributed by atoms with Gasteiger partial charge in [0.15, 0.2) is 4.34 Å². The second kappa shape index (κ2) is 9.40. The third kappa shape index (κ3) is 4.77. The van der Waals surface area contributed by atoms with E-state index in [-0.39, 0.29) is 9.92 Å². The fourth-order valence-electron chi connectivity index (χ4n) is 3.78. The Hall–Kier alpha value is -3.54. The molecule has 1 N–H and O–H groups in total. The lowest BCUT2D eigenvalue weighted by Gasteiger charge is -2.29. The Morgan fingerprint density at radius 2 is 1.54 bits per heavy atom. The lowest BCUT2D eigenvalue weighted by Crippen LogP contribution is -2.42. The van der Waals surface area contributed by atoms with Gasteiger partial charge in [0.05, 0.1) is 4.88 Å². The summed E-state index contributed by atoms with van der Waals surface area (Å²) in [7, 11) is 0. The molecule has 0 fully saturated rings. The van der Waals surface area contributed by atoms with Crippen molar-refractivity contribution in [2.45, 2.75) is 21.0 Å². The summed E-state index contributed by atoms with van der Waals surface area (Å²) >= 11 is 1.65. The van der Waals surface area contributed by atoms with Gasteiger partial charge in [-0.05, 0) is 59.2 Å². The van der Waals surface area contributed by atoms with Gasteiger partial charge >= 0.3 is 11.8 Å². The topological polar surface area (TPSA) is 63.3 Å². The first kappa shape index (κ1) is 25.1. The molecule has 0 spiro atoms. The zero-order valence-electron chi connectivity index (χ0n) is 18.4. The summed E-state index contributed by atoms with van der Waals surface area (Å²) in [6.07, 6.45) is -4.17. The molecule has 1 unspecified atom stereocenters. The molecule has 37 heavy (non-hydrogen) atoms. The molecule has 1 atom stereocenters. The van der Waals surface area contributed by atoms with Crippen LogP contribution in [-0.2, 0) is 5.60 Å². The highest BCUT2D eigenvalue weighted by Crippen LogP contribution is 2.47. The first-order valence-electron chi connectivity index (χ1n) is 10.6. The molecule has 4 nitrogen and oxygen atoms in total. The van der Waals surface area contributed by atoms with Crippen LogP contribution in [0.5, 0.6) is 0 Å². The van der Waals surface area contributed by atoms with Gasteiger partial charge in [-0.1, -0.05) is 36.0 Å². The SMILES string of the molecule is O=c1cc(-c2ccc(F)cc2)c2ccc(Sc3ncc(C(O)(c4ccc(F)cc4)C(F)(F)F)s3)cc2o1. The Balaban J connectivity index is 1.49. The minimum atomic E-state index is -5.09. The maximum Gasteiger partial charge on any atom is 0.426 e. The van der Waals surface area contributed by atoms with E-state index in [1.165, 1.54) is 30.3 Å². The molecule has 0 saturated heterocycles. The van der Waals surface area contributed by atoms with Crippen molar-refractivity contribution in [2.24, 2.45) is 0 Å². The zero-order valence-corrected chi connectivity index (χ0v) is 20.1. The third-order valence-electron chi connectivity index (χ3n) is 5.59. The summed E-state index contributed by atoms with van der Waals surface area (Å²) in [6, 6.07) is 15.2. The van der Waals surface area contributed by atoms with Crippen molar-refractivity contribution in [1.29, 1.82) is 0 Å². The van der Waals surface area contributed by atoms with E-state index in [4.69, 9.17) is 4.42 Å². The van der Waals surface area contributed by atoms with Gasteiger partial charge in [0.25, 0.3) is 0 Å². The van der Waals surface area contributed by atoms with Crippen LogP contribution >= 0.6 is 23.1 Å². The number of aromatic nitrogens is 1. The number of rotatable bonds is 5. The smallest absolute Gasteiger partial charge is 0.423 e. The first-order valence-corrected chi connectivity index (χ1v) is 12.2. The molecule has 5 aromatic rings. The molecular formula is C26H14F5NO3S2. The molecule has 0 saturated carbocycles. The molecule has 0 amide bonds. The minimum absolute atomic E-state index is 0.191. The molecule has 11 heteroatoms. The number of hydrogen-bond donors (Lipinski definition) is 1. The molecule has 0 aliphatic rings. The van der Waals surface area contributed by atoms with E-state index < -0.39 is 39.5 Å². The number of alkyl halides is 3. The average Bonchev–Trinajstić information content (AvgIpc) is 3.32. The summed E-state index contributed by atoms with van der Waals surface area (Å²) < 4.78 is 74.1. The molecule has 2 heterocycles. The van der Waals surface area contributed by atoms with Crippen LogP contribution < -0.4 is 5.63 Å². The molecule has 2 aromatic heterocycles. The number of aliphatic hydroxyl groups is 1. The van der Waals surface area contributed by atoms with E-state index >= 15 is 0 Å². The van der Waals surface area contributed by atoms with E-state index in [1.54, 1.807) is 18.2 Å². The second-order valence-electron chi connectivity index (χ2n) is 7.95. The van der Waals surface area contributed by atoms with Crippen molar-refractivity contribution in [3.05, 3.63) is 111 Å². The summed E-state index contributed by atoms with van der Waals surface area (Å²) in [5, 5.41) is 11.3. The van der Waals surface area contributed by atoms with Gasteiger partial charge in [-0.3, -0.25) is 0 Å². The molecule has 0 aliphatic carbocycles. The van der Waals surface area contributed by atoms with Gasteiger partial charge < -0.3 is 9.52 Å². The monoisotopic (exact) mass is 547 g/mol. The third-order valence-corrected chi connectivity index (χ3v) is 7.76. The Labute approximate surface area is 214 Å². The summed E-state index contributed by atoms with van der Waals surface area (Å²) in [5.41, 5.74) is -3.17. The maximum atomic E-state index is 14.0. The molecule has 188 valence electrons. The summed E-state index contributed by atoms with van der Waals surface area (Å²) in [4.78, 5) is 16.2. The van der Waals surface area contributed by atoms with Crippen molar-refractivity contribution in [3.63, 3.8) is 0 Å². The van der Waals surface area contributed by atoms with Crippen LogP contribution in [0.25, 0.3) is 22.1 Å². The van der Waals surface area contributed by atoms with Gasteiger partial charge in [-0.25, -0.2) is 18.6 Å². The standard InChI is InChI=1S/C26H14F5NO3S2/c27-16-5-1-14(2-6-16)20-12-23(33)35-21-11-18(9-10-19(20)21)36-24-32-13-22(37-24)25(34,26(29,30)31)15-3-7-17(28)8-4-15/h1-13,34H. The van der Waals surface area contributed by atoms with Crippen molar-refractivity contribution in [1.82, 2.24) is 4.98 Å². The van der Waals surface area contributed by atoms with Crippen LogP contribution in [0, 0.1) is 11.6 Å². The normalized spacial score (nSPS) is 13.6. The average molecular weight is 548 g/mol. The van der Waals surface area contributed by atoms with Crippen LogP contribution in [0.1, 0.15) is 10.4 Å². The second-order valence-corrected chi connectivity index (χ2v) is 10.3. The van der Waals surface area contributed by atoms with E-state index in [2.05, 4.69) is 4.98 Å². The Bertz CT molecular complexity index is 1650. The van der Waals surface area contributed by atoms with E-state index in [9.17, 15) is 31.9 Å². The van der Waals surface area contributed by atoms with Crippen LogP contribution in [0.4, 0.5) is 22.0 Å². The van der Waals surface area contributed by atoms with Gasteiger partial charge in [0.2, 0.25) is 5.60 Å². The van der Waals surface area contributed by atoms with Crippen molar-refractivity contribution >= 4 is 34.1 Å². The van der Waals surface area contributed by atoms with E-state index in [0.29, 0.717) is 32.7 Å². The largest absolute Gasteiger partial charge is 0.426 e. The predicted molar refractivity (Wildman–Crippen MR) is 130 cm³/mol. The fraction of sp³-hybridized carbons (Fsp3) is 0.0769. The number of nitrogens with zero attached hydrogens (tertiary/aromatic N) is 1. The van der Waals surface area contributed by atoms with Gasteiger partial charge in [-0.15, -0.1) is 11.3 Å².